The van der Waals surface area contributed by atoms with Gasteiger partial charge in [0.1, 0.15) is 6.10 Å². The summed E-state index contributed by atoms with van der Waals surface area (Å²) in [5.41, 5.74) is 1.03. The van der Waals surface area contributed by atoms with Crippen molar-refractivity contribution in [1.82, 2.24) is 9.29 Å². The van der Waals surface area contributed by atoms with Crippen molar-refractivity contribution in [3.8, 4) is 0 Å². The summed E-state index contributed by atoms with van der Waals surface area (Å²) in [6, 6.07) is 3.72. The van der Waals surface area contributed by atoms with E-state index in [0.717, 1.165) is 18.4 Å². The molecule has 0 radical (unpaired) electrons. The van der Waals surface area contributed by atoms with Gasteiger partial charge in [0.25, 0.3) is 0 Å². The van der Waals surface area contributed by atoms with Crippen LogP contribution in [-0.2, 0) is 26.1 Å². The van der Waals surface area contributed by atoms with Gasteiger partial charge in [-0.15, -0.1) is 0 Å². The molecule has 0 aliphatic carbocycles. The van der Waals surface area contributed by atoms with E-state index in [4.69, 9.17) is 9.47 Å². The van der Waals surface area contributed by atoms with Crippen molar-refractivity contribution < 1.29 is 17.9 Å². The van der Waals surface area contributed by atoms with Gasteiger partial charge in [-0.05, 0) is 37.0 Å². The summed E-state index contributed by atoms with van der Waals surface area (Å²) in [5, 5.41) is 0. The lowest BCUT2D eigenvalue weighted by Gasteiger charge is -2.31. The Hall–Kier alpha value is -1.02. The predicted molar refractivity (Wildman–Crippen MR) is 86.4 cm³/mol. The highest BCUT2D eigenvalue weighted by Crippen LogP contribution is 2.33. The van der Waals surface area contributed by atoms with Crippen LogP contribution in [0.15, 0.2) is 24.5 Å². The number of hydrogen-bond acceptors (Lipinski definition) is 5. The van der Waals surface area contributed by atoms with Gasteiger partial charge in [0.05, 0.1) is 24.5 Å². The molecule has 6 nitrogen and oxygen atoms in total. The van der Waals surface area contributed by atoms with E-state index in [2.05, 4.69) is 4.98 Å². The minimum Gasteiger partial charge on any atom is -0.374 e. The van der Waals surface area contributed by atoms with E-state index in [1.807, 2.05) is 19.1 Å². The van der Waals surface area contributed by atoms with Crippen LogP contribution in [-0.4, -0.2) is 54.9 Å². The number of rotatable bonds is 6. The summed E-state index contributed by atoms with van der Waals surface area (Å²) >= 11 is 0. The molecule has 2 fully saturated rings. The fourth-order valence-corrected chi connectivity index (χ4v) is 5.15. The summed E-state index contributed by atoms with van der Waals surface area (Å²) in [7, 11) is -3.23. The quantitative estimate of drug-likeness (QED) is 0.786. The van der Waals surface area contributed by atoms with E-state index in [-0.39, 0.29) is 24.0 Å². The van der Waals surface area contributed by atoms with Gasteiger partial charge in [0, 0.05) is 25.5 Å². The van der Waals surface area contributed by atoms with Crippen molar-refractivity contribution in [2.75, 3.05) is 18.9 Å². The Bertz CT molecular complexity index is 608. The standard InChI is InChI=1S/C16H24N2O4S/c1-2-10-23(19,20)18-11-15(16-14(18)4-3-9-21-16)22-12-13-5-7-17-8-6-13/h5-8,14-16H,2-4,9-12H2,1H3/t14-,15-,16+/m1/s1. The Labute approximate surface area is 137 Å². The Kier molecular flexibility index (Phi) is 5.31. The van der Waals surface area contributed by atoms with Crippen LogP contribution in [0.2, 0.25) is 0 Å². The third-order valence-electron chi connectivity index (χ3n) is 4.46. The highest BCUT2D eigenvalue weighted by atomic mass is 32.2. The Morgan fingerprint density at radius 2 is 2.17 bits per heavy atom. The van der Waals surface area contributed by atoms with Crippen molar-refractivity contribution in [2.45, 2.75) is 51.0 Å². The molecule has 0 spiro atoms. The van der Waals surface area contributed by atoms with E-state index >= 15 is 0 Å². The molecule has 1 aromatic rings. The fourth-order valence-electron chi connectivity index (χ4n) is 3.39. The third kappa shape index (κ3) is 3.74. The van der Waals surface area contributed by atoms with Gasteiger partial charge in [0.15, 0.2) is 0 Å². The van der Waals surface area contributed by atoms with Crippen LogP contribution in [0.3, 0.4) is 0 Å². The Balaban J connectivity index is 1.71. The minimum atomic E-state index is -3.23. The highest BCUT2D eigenvalue weighted by Gasteiger charge is 2.48. The van der Waals surface area contributed by atoms with Crippen LogP contribution >= 0.6 is 0 Å². The molecule has 7 heteroatoms. The van der Waals surface area contributed by atoms with E-state index in [9.17, 15) is 8.42 Å². The maximum Gasteiger partial charge on any atom is 0.214 e. The van der Waals surface area contributed by atoms with Gasteiger partial charge in [-0.25, -0.2) is 8.42 Å². The number of fused-ring (bicyclic) bond motifs is 1. The molecule has 2 aliphatic heterocycles. The number of ether oxygens (including phenoxy) is 2. The smallest absolute Gasteiger partial charge is 0.214 e. The zero-order valence-electron chi connectivity index (χ0n) is 13.4. The van der Waals surface area contributed by atoms with Crippen LogP contribution < -0.4 is 0 Å². The van der Waals surface area contributed by atoms with Crippen molar-refractivity contribution in [1.29, 1.82) is 0 Å². The molecule has 2 saturated heterocycles. The molecule has 1 aromatic heterocycles. The first kappa shape index (κ1) is 16.8. The lowest BCUT2D eigenvalue weighted by atomic mass is 10.0. The second-order valence-electron chi connectivity index (χ2n) is 6.14. The molecule has 0 unspecified atom stereocenters. The number of aromatic nitrogens is 1. The first-order valence-electron chi connectivity index (χ1n) is 8.23. The summed E-state index contributed by atoms with van der Waals surface area (Å²) in [6.45, 7) is 3.40. The first-order chi connectivity index (χ1) is 11.1. The molecule has 3 rings (SSSR count). The second-order valence-corrected chi connectivity index (χ2v) is 8.18. The van der Waals surface area contributed by atoms with Crippen LogP contribution in [0.1, 0.15) is 31.7 Å². The Morgan fingerprint density at radius 1 is 1.39 bits per heavy atom. The van der Waals surface area contributed by atoms with Crippen molar-refractivity contribution in [2.24, 2.45) is 0 Å². The van der Waals surface area contributed by atoms with Crippen molar-refractivity contribution in [3.05, 3.63) is 30.1 Å². The molecule has 0 bridgehead atoms. The van der Waals surface area contributed by atoms with E-state index in [1.165, 1.54) is 0 Å². The van der Waals surface area contributed by atoms with Gasteiger partial charge < -0.3 is 9.47 Å². The third-order valence-corrected chi connectivity index (χ3v) is 6.52. The number of sulfonamides is 1. The van der Waals surface area contributed by atoms with Crippen LogP contribution in [0.4, 0.5) is 0 Å². The molecule has 23 heavy (non-hydrogen) atoms. The Morgan fingerprint density at radius 3 is 2.91 bits per heavy atom. The summed E-state index contributed by atoms with van der Waals surface area (Å²) < 4.78 is 38.5. The average Bonchev–Trinajstić information content (AvgIpc) is 2.94. The molecule has 3 heterocycles. The number of hydrogen-bond donors (Lipinski definition) is 0. The lowest BCUT2D eigenvalue weighted by Crippen LogP contribution is -2.44. The molecule has 0 saturated carbocycles. The van der Waals surface area contributed by atoms with E-state index in [0.29, 0.717) is 26.2 Å². The first-order valence-corrected chi connectivity index (χ1v) is 9.84. The SMILES string of the molecule is CCCS(=O)(=O)N1C[C@@H](OCc2ccncc2)[C@H]2OCCC[C@H]21. The van der Waals surface area contributed by atoms with Gasteiger partial charge in [0.2, 0.25) is 10.0 Å². The minimum absolute atomic E-state index is 0.0808. The largest absolute Gasteiger partial charge is 0.374 e. The normalized spacial score (nSPS) is 28.7. The van der Waals surface area contributed by atoms with Gasteiger partial charge in [-0.3, -0.25) is 4.98 Å². The molecule has 3 atom stereocenters. The van der Waals surface area contributed by atoms with Crippen LogP contribution in [0.25, 0.3) is 0 Å². The maximum atomic E-state index is 12.5. The van der Waals surface area contributed by atoms with Crippen LogP contribution in [0, 0.1) is 0 Å². The van der Waals surface area contributed by atoms with Gasteiger partial charge >= 0.3 is 0 Å². The lowest BCUT2D eigenvalue weighted by molar-refractivity contribution is -0.0802. The zero-order chi connectivity index (χ0) is 16.3. The average molecular weight is 340 g/mol. The second kappa shape index (κ2) is 7.25. The van der Waals surface area contributed by atoms with Crippen molar-refractivity contribution in [3.63, 3.8) is 0 Å². The topological polar surface area (TPSA) is 68.7 Å². The van der Waals surface area contributed by atoms with Crippen LogP contribution in [0.5, 0.6) is 0 Å². The fraction of sp³-hybridized carbons (Fsp3) is 0.688. The van der Waals surface area contributed by atoms with Gasteiger partial charge in [-0.1, -0.05) is 6.92 Å². The maximum absolute atomic E-state index is 12.5. The van der Waals surface area contributed by atoms with Crippen molar-refractivity contribution >= 4 is 10.0 Å². The predicted octanol–water partition coefficient (Wildman–Crippen LogP) is 1.57. The molecular formula is C16H24N2O4S. The monoisotopic (exact) mass is 340 g/mol. The number of pyridine rings is 1. The highest BCUT2D eigenvalue weighted by molar-refractivity contribution is 7.89. The zero-order valence-corrected chi connectivity index (χ0v) is 14.2. The number of nitrogens with zero attached hydrogens (tertiary/aromatic N) is 2. The van der Waals surface area contributed by atoms with E-state index < -0.39 is 10.0 Å². The molecule has 128 valence electrons. The van der Waals surface area contributed by atoms with Gasteiger partial charge in [-0.2, -0.15) is 4.31 Å². The molecular weight excluding hydrogens is 316 g/mol. The molecule has 0 aromatic carbocycles. The summed E-state index contributed by atoms with van der Waals surface area (Å²) in [6.07, 6.45) is 5.47. The molecule has 0 amide bonds. The van der Waals surface area contributed by atoms with E-state index in [1.54, 1.807) is 16.7 Å². The molecule has 0 N–H and O–H groups in total. The summed E-state index contributed by atoms with van der Waals surface area (Å²) in [4.78, 5) is 3.99. The molecule has 2 aliphatic rings. The summed E-state index contributed by atoms with van der Waals surface area (Å²) in [5.74, 6) is 0.188.